The molecule has 5 heteroatoms. The lowest BCUT2D eigenvalue weighted by Crippen LogP contribution is -2.47. The molecule has 104 valence electrons. The van der Waals surface area contributed by atoms with E-state index in [1.165, 1.54) is 0 Å². The minimum atomic E-state index is -0.224. The Kier molecular flexibility index (Phi) is 3.55. The van der Waals surface area contributed by atoms with Gasteiger partial charge < -0.3 is 20.1 Å². The van der Waals surface area contributed by atoms with Gasteiger partial charge in [-0.3, -0.25) is 4.99 Å². The zero-order valence-corrected chi connectivity index (χ0v) is 11.9. The molecule has 0 saturated heterocycles. The van der Waals surface area contributed by atoms with Crippen LogP contribution >= 0.6 is 0 Å². The van der Waals surface area contributed by atoms with Gasteiger partial charge in [0.15, 0.2) is 17.5 Å². The number of guanidine groups is 1. The number of hydrogen-bond acceptors (Lipinski definition) is 5. The van der Waals surface area contributed by atoms with Gasteiger partial charge in [0.25, 0.3) is 0 Å². The van der Waals surface area contributed by atoms with E-state index in [4.69, 9.17) is 15.2 Å². The third-order valence-corrected chi connectivity index (χ3v) is 3.74. The summed E-state index contributed by atoms with van der Waals surface area (Å²) >= 11 is 0. The van der Waals surface area contributed by atoms with Crippen molar-refractivity contribution in [3.63, 3.8) is 0 Å². The van der Waals surface area contributed by atoms with Gasteiger partial charge in [0.1, 0.15) is 0 Å². The lowest BCUT2D eigenvalue weighted by molar-refractivity contribution is 0.233. The van der Waals surface area contributed by atoms with Crippen molar-refractivity contribution < 1.29 is 9.47 Å². The average Bonchev–Trinajstić information content (AvgIpc) is 2.74. The number of likely N-dealkylation sites (N-methyl/N-ethyl adjacent to an activating group) is 1. The Balaban J connectivity index is 2.42. The van der Waals surface area contributed by atoms with E-state index in [1.54, 1.807) is 14.2 Å². The highest BCUT2D eigenvalue weighted by atomic mass is 16.5. The van der Waals surface area contributed by atoms with E-state index in [1.807, 2.05) is 18.2 Å². The van der Waals surface area contributed by atoms with Gasteiger partial charge in [0.2, 0.25) is 0 Å². The van der Waals surface area contributed by atoms with Crippen LogP contribution in [-0.4, -0.2) is 38.2 Å². The van der Waals surface area contributed by atoms with Crippen LogP contribution in [0.3, 0.4) is 0 Å². The minimum Gasteiger partial charge on any atom is -0.493 e. The standard InChI is InChI=1S/C14H21N3O2/c1-5-17-13(15)16-9-14(17,2)10-6-7-11(18-3)12(8-10)19-4/h6-8H,5,9H2,1-4H3,(H2,15,16). The predicted molar refractivity (Wildman–Crippen MR) is 75.8 cm³/mol. The molecule has 19 heavy (non-hydrogen) atoms. The second kappa shape index (κ2) is 4.99. The van der Waals surface area contributed by atoms with Crippen LogP contribution in [0, 0.1) is 0 Å². The number of rotatable bonds is 4. The Hall–Kier alpha value is -1.91. The van der Waals surface area contributed by atoms with Gasteiger partial charge in [-0.25, -0.2) is 0 Å². The van der Waals surface area contributed by atoms with Gasteiger partial charge in [0.05, 0.1) is 26.3 Å². The molecule has 0 aliphatic carbocycles. The number of ether oxygens (including phenoxy) is 2. The van der Waals surface area contributed by atoms with Crippen molar-refractivity contribution in [3.8, 4) is 11.5 Å². The number of benzene rings is 1. The van der Waals surface area contributed by atoms with Crippen LogP contribution in [0.4, 0.5) is 0 Å². The van der Waals surface area contributed by atoms with Crippen LogP contribution in [0.2, 0.25) is 0 Å². The zero-order valence-electron chi connectivity index (χ0n) is 11.9. The number of nitrogens with two attached hydrogens (primary N) is 1. The molecule has 0 radical (unpaired) electrons. The molecule has 2 rings (SSSR count). The fourth-order valence-corrected chi connectivity index (χ4v) is 2.59. The number of nitrogens with zero attached hydrogens (tertiary/aromatic N) is 2. The smallest absolute Gasteiger partial charge is 0.192 e. The topological polar surface area (TPSA) is 60.1 Å². The van der Waals surface area contributed by atoms with Crippen molar-refractivity contribution in [1.82, 2.24) is 4.90 Å². The van der Waals surface area contributed by atoms with Gasteiger partial charge in [-0.2, -0.15) is 0 Å². The highest BCUT2D eigenvalue weighted by molar-refractivity contribution is 5.81. The summed E-state index contributed by atoms with van der Waals surface area (Å²) in [6, 6.07) is 5.95. The molecule has 5 nitrogen and oxygen atoms in total. The van der Waals surface area contributed by atoms with Crippen molar-refractivity contribution in [2.75, 3.05) is 27.3 Å². The summed E-state index contributed by atoms with van der Waals surface area (Å²) in [5.74, 6) is 2.05. The molecule has 1 heterocycles. The summed E-state index contributed by atoms with van der Waals surface area (Å²) in [6.45, 7) is 5.69. The summed E-state index contributed by atoms with van der Waals surface area (Å²) in [5.41, 5.74) is 6.85. The first-order chi connectivity index (χ1) is 9.06. The van der Waals surface area contributed by atoms with Gasteiger partial charge in [0, 0.05) is 6.54 Å². The molecule has 1 aromatic carbocycles. The lowest BCUT2D eigenvalue weighted by Gasteiger charge is -2.36. The summed E-state index contributed by atoms with van der Waals surface area (Å²) in [7, 11) is 3.27. The van der Waals surface area contributed by atoms with E-state index in [0.29, 0.717) is 12.5 Å². The molecule has 0 spiro atoms. The highest BCUT2D eigenvalue weighted by Crippen LogP contribution is 2.37. The second-order valence-electron chi connectivity index (χ2n) is 4.76. The quantitative estimate of drug-likeness (QED) is 0.895. The molecule has 0 bridgehead atoms. The first-order valence-corrected chi connectivity index (χ1v) is 6.37. The summed E-state index contributed by atoms with van der Waals surface area (Å²) < 4.78 is 10.6. The molecule has 0 saturated carbocycles. The fraction of sp³-hybridized carbons (Fsp3) is 0.500. The summed E-state index contributed by atoms with van der Waals surface area (Å²) in [6.07, 6.45) is 0. The van der Waals surface area contributed by atoms with Crippen LogP contribution in [0.5, 0.6) is 11.5 Å². The van der Waals surface area contributed by atoms with Gasteiger partial charge >= 0.3 is 0 Å². The number of hydrogen-bond donors (Lipinski definition) is 1. The Labute approximate surface area is 114 Å². The minimum absolute atomic E-state index is 0.224. The van der Waals surface area contributed by atoms with Crippen LogP contribution < -0.4 is 15.2 Å². The zero-order chi connectivity index (χ0) is 14.0. The van der Waals surface area contributed by atoms with Crippen molar-refractivity contribution in [2.45, 2.75) is 19.4 Å². The van der Waals surface area contributed by atoms with E-state index >= 15 is 0 Å². The van der Waals surface area contributed by atoms with Gasteiger partial charge in [-0.05, 0) is 31.5 Å². The van der Waals surface area contributed by atoms with Crippen LogP contribution in [0.1, 0.15) is 19.4 Å². The molecular formula is C14H21N3O2. The maximum absolute atomic E-state index is 5.95. The molecule has 2 N–H and O–H groups in total. The Morgan fingerprint density at radius 1 is 1.32 bits per heavy atom. The molecule has 1 aromatic rings. The molecule has 1 unspecified atom stereocenters. The summed E-state index contributed by atoms with van der Waals surface area (Å²) in [4.78, 5) is 6.47. The van der Waals surface area contributed by atoms with Gasteiger partial charge in [-0.15, -0.1) is 0 Å². The molecule has 1 atom stereocenters. The Morgan fingerprint density at radius 3 is 2.58 bits per heavy atom. The number of methoxy groups -OCH3 is 2. The van der Waals surface area contributed by atoms with E-state index < -0.39 is 0 Å². The number of aliphatic imine (C=N–C) groups is 1. The van der Waals surface area contributed by atoms with E-state index in [2.05, 4.69) is 23.7 Å². The first-order valence-electron chi connectivity index (χ1n) is 6.37. The third kappa shape index (κ3) is 2.09. The largest absolute Gasteiger partial charge is 0.493 e. The SMILES string of the molecule is CCN1C(N)=NCC1(C)c1ccc(OC)c(OC)c1. The van der Waals surface area contributed by atoms with Gasteiger partial charge in [-0.1, -0.05) is 6.07 Å². The van der Waals surface area contributed by atoms with Crippen LogP contribution in [0.25, 0.3) is 0 Å². The Morgan fingerprint density at radius 2 is 2.00 bits per heavy atom. The van der Waals surface area contributed by atoms with E-state index in [-0.39, 0.29) is 5.54 Å². The van der Waals surface area contributed by atoms with Crippen molar-refractivity contribution in [2.24, 2.45) is 10.7 Å². The van der Waals surface area contributed by atoms with Crippen molar-refractivity contribution >= 4 is 5.96 Å². The maximum Gasteiger partial charge on any atom is 0.192 e. The molecule has 0 fully saturated rings. The normalized spacial score (nSPS) is 22.3. The lowest BCUT2D eigenvalue weighted by atomic mass is 9.90. The maximum atomic E-state index is 5.95. The third-order valence-electron chi connectivity index (χ3n) is 3.74. The summed E-state index contributed by atoms with van der Waals surface area (Å²) in [5, 5.41) is 0. The monoisotopic (exact) mass is 263 g/mol. The predicted octanol–water partition coefficient (Wildman–Crippen LogP) is 1.57. The van der Waals surface area contributed by atoms with Crippen LogP contribution in [0.15, 0.2) is 23.2 Å². The molecule has 1 aliphatic heterocycles. The fourth-order valence-electron chi connectivity index (χ4n) is 2.59. The Bertz CT molecular complexity index is 501. The molecular weight excluding hydrogens is 242 g/mol. The second-order valence-corrected chi connectivity index (χ2v) is 4.76. The van der Waals surface area contributed by atoms with Crippen molar-refractivity contribution in [1.29, 1.82) is 0 Å². The van der Waals surface area contributed by atoms with E-state index in [9.17, 15) is 0 Å². The molecule has 0 aromatic heterocycles. The highest BCUT2D eigenvalue weighted by Gasteiger charge is 2.39. The van der Waals surface area contributed by atoms with Crippen molar-refractivity contribution in [3.05, 3.63) is 23.8 Å². The van der Waals surface area contributed by atoms with Crippen LogP contribution in [-0.2, 0) is 5.54 Å². The van der Waals surface area contributed by atoms with E-state index in [0.717, 1.165) is 23.6 Å². The molecule has 0 amide bonds. The molecule has 1 aliphatic rings. The first kappa shape index (κ1) is 13.5. The average molecular weight is 263 g/mol.